The third-order valence-electron chi connectivity index (χ3n) is 2.80. The predicted molar refractivity (Wildman–Crippen MR) is 64.5 cm³/mol. The average molecular weight is 246 g/mol. The first kappa shape index (κ1) is 12.4. The Labute approximate surface area is 105 Å². The van der Waals surface area contributed by atoms with E-state index in [4.69, 9.17) is 9.47 Å². The zero-order valence-electron chi connectivity index (χ0n) is 9.93. The zero-order valence-corrected chi connectivity index (χ0v) is 9.93. The fourth-order valence-electron chi connectivity index (χ4n) is 1.84. The highest BCUT2D eigenvalue weighted by atomic mass is 16.6. The Morgan fingerprint density at radius 1 is 1.44 bits per heavy atom. The number of benzene rings is 1. The summed E-state index contributed by atoms with van der Waals surface area (Å²) < 4.78 is 10.1. The minimum atomic E-state index is -1.15. The third-order valence-corrected chi connectivity index (χ3v) is 2.80. The molecule has 4 heteroatoms. The maximum absolute atomic E-state index is 11.9. The third kappa shape index (κ3) is 2.42. The summed E-state index contributed by atoms with van der Waals surface area (Å²) in [5, 5.41) is 0. The lowest BCUT2D eigenvalue weighted by atomic mass is 9.90. The first-order valence-electron chi connectivity index (χ1n) is 5.70. The van der Waals surface area contributed by atoms with Crippen LogP contribution < -0.4 is 0 Å². The van der Waals surface area contributed by atoms with E-state index in [1.807, 2.05) is 30.3 Å². The molecule has 1 fully saturated rings. The van der Waals surface area contributed by atoms with Crippen LogP contribution in [0.1, 0.15) is 18.4 Å². The van der Waals surface area contributed by atoms with Gasteiger partial charge in [0.15, 0.2) is 0 Å². The Kier molecular flexibility index (Phi) is 3.46. The maximum atomic E-state index is 11.9. The molecule has 1 aromatic carbocycles. The molecule has 0 unspecified atom stereocenters. The average Bonchev–Trinajstić information content (AvgIpc) is 2.35. The fourth-order valence-corrected chi connectivity index (χ4v) is 1.84. The molecule has 1 aliphatic rings. The highest BCUT2D eigenvalue weighted by Crippen LogP contribution is 2.33. The van der Waals surface area contributed by atoms with Crippen LogP contribution >= 0.6 is 0 Å². The topological polar surface area (TPSA) is 52.6 Å². The van der Waals surface area contributed by atoms with Gasteiger partial charge in [0.1, 0.15) is 6.61 Å². The molecule has 0 radical (unpaired) electrons. The summed E-state index contributed by atoms with van der Waals surface area (Å²) in [5.74, 6) is -0.889. The summed E-state index contributed by atoms with van der Waals surface area (Å²) in [6.07, 6.45) is 1.90. The van der Waals surface area contributed by atoms with Gasteiger partial charge >= 0.3 is 11.9 Å². The number of hydrogen-bond donors (Lipinski definition) is 0. The molecule has 1 atom stereocenters. The van der Waals surface area contributed by atoms with Gasteiger partial charge in [0.25, 0.3) is 0 Å². The van der Waals surface area contributed by atoms with Crippen molar-refractivity contribution in [3.05, 3.63) is 48.6 Å². The van der Waals surface area contributed by atoms with Gasteiger partial charge in [-0.25, -0.2) is 4.79 Å². The number of ether oxygens (including phenoxy) is 2. The van der Waals surface area contributed by atoms with Gasteiger partial charge in [-0.1, -0.05) is 36.4 Å². The van der Waals surface area contributed by atoms with Crippen LogP contribution in [0.15, 0.2) is 43.0 Å². The molecular formula is C14H14O4. The van der Waals surface area contributed by atoms with Crippen molar-refractivity contribution in [1.82, 2.24) is 0 Å². The second-order valence-corrected chi connectivity index (χ2v) is 4.20. The lowest BCUT2D eigenvalue weighted by molar-refractivity contribution is -0.208. The minimum absolute atomic E-state index is 0.0621. The fraction of sp³-hybridized carbons (Fsp3) is 0.286. The van der Waals surface area contributed by atoms with Crippen LogP contribution in [0, 0.1) is 0 Å². The van der Waals surface area contributed by atoms with Gasteiger partial charge in [-0.05, 0) is 5.56 Å². The van der Waals surface area contributed by atoms with Crippen molar-refractivity contribution in [3.8, 4) is 0 Å². The molecule has 94 valence electrons. The van der Waals surface area contributed by atoms with Crippen molar-refractivity contribution in [2.75, 3.05) is 0 Å². The van der Waals surface area contributed by atoms with E-state index in [0.29, 0.717) is 0 Å². The van der Waals surface area contributed by atoms with Gasteiger partial charge in [-0.2, -0.15) is 0 Å². The normalized spacial score (nSPS) is 21.7. The van der Waals surface area contributed by atoms with Crippen LogP contribution in [0.25, 0.3) is 0 Å². The Morgan fingerprint density at radius 2 is 2.11 bits per heavy atom. The van der Waals surface area contributed by atoms with E-state index in [-0.39, 0.29) is 25.4 Å². The van der Waals surface area contributed by atoms with Crippen LogP contribution in [-0.2, 0) is 25.7 Å². The molecule has 18 heavy (non-hydrogen) atoms. The second-order valence-electron chi connectivity index (χ2n) is 4.20. The van der Waals surface area contributed by atoms with Crippen molar-refractivity contribution in [2.45, 2.75) is 25.0 Å². The van der Waals surface area contributed by atoms with Gasteiger partial charge < -0.3 is 9.47 Å². The van der Waals surface area contributed by atoms with Gasteiger partial charge in [0.05, 0.1) is 6.42 Å². The van der Waals surface area contributed by atoms with Gasteiger partial charge in [-0.3, -0.25) is 4.79 Å². The van der Waals surface area contributed by atoms with Gasteiger partial charge in [0.2, 0.25) is 5.60 Å². The first-order valence-corrected chi connectivity index (χ1v) is 5.70. The second kappa shape index (κ2) is 5.04. The van der Waals surface area contributed by atoms with Gasteiger partial charge in [-0.15, -0.1) is 6.58 Å². The highest BCUT2D eigenvalue weighted by molar-refractivity contribution is 5.93. The highest BCUT2D eigenvalue weighted by Gasteiger charge is 2.53. The zero-order chi connectivity index (χ0) is 13.0. The molecule has 1 aliphatic heterocycles. The van der Waals surface area contributed by atoms with Crippen LogP contribution in [0.3, 0.4) is 0 Å². The Hall–Kier alpha value is -2.10. The number of carbonyl (C=O) groups excluding carboxylic acids is 2. The predicted octanol–water partition coefficient (Wildman–Crippen LogP) is 1.99. The van der Waals surface area contributed by atoms with E-state index >= 15 is 0 Å². The number of rotatable bonds is 5. The molecule has 0 aromatic heterocycles. The summed E-state index contributed by atoms with van der Waals surface area (Å²) in [6, 6.07) is 9.34. The molecule has 4 nitrogen and oxygen atoms in total. The summed E-state index contributed by atoms with van der Waals surface area (Å²) in [6.45, 7) is 3.73. The molecule has 1 aromatic rings. The molecule has 0 aliphatic carbocycles. The largest absolute Gasteiger partial charge is 0.458 e. The van der Waals surface area contributed by atoms with E-state index in [1.54, 1.807) is 6.08 Å². The van der Waals surface area contributed by atoms with Crippen molar-refractivity contribution >= 4 is 11.9 Å². The summed E-state index contributed by atoms with van der Waals surface area (Å²) >= 11 is 0. The number of hydrogen-bond acceptors (Lipinski definition) is 4. The van der Waals surface area contributed by atoms with Crippen molar-refractivity contribution in [1.29, 1.82) is 0 Å². The number of esters is 2. The van der Waals surface area contributed by atoms with E-state index in [9.17, 15) is 9.59 Å². The quantitative estimate of drug-likeness (QED) is 0.589. The molecular weight excluding hydrogens is 232 g/mol. The Morgan fingerprint density at radius 3 is 2.67 bits per heavy atom. The van der Waals surface area contributed by atoms with Crippen LogP contribution in [0.4, 0.5) is 0 Å². The molecule has 0 amide bonds. The maximum Gasteiger partial charge on any atom is 0.351 e. The van der Waals surface area contributed by atoms with Crippen molar-refractivity contribution < 1.29 is 19.1 Å². The first-order chi connectivity index (χ1) is 8.66. The lowest BCUT2D eigenvalue weighted by Gasteiger charge is -2.37. The lowest BCUT2D eigenvalue weighted by Crippen LogP contribution is -2.54. The van der Waals surface area contributed by atoms with Crippen LogP contribution in [-0.4, -0.2) is 17.5 Å². The smallest absolute Gasteiger partial charge is 0.351 e. The molecule has 1 heterocycles. The van der Waals surface area contributed by atoms with E-state index < -0.39 is 11.6 Å². The number of carbonyl (C=O) groups is 2. The monoisotopic (exact) mass is 246 g/mol. The molecule has 2 rings (SSSR count). The Bertz CT molecular complexity index is 450. The molecule has 1 saturated heterocycles. The molecule has 0 spiro atoms. The number of cyclic esters (lactones) is 1. The van der Waals surface area contributed by atoms with Crippen molar-refractivity contribution in [2.24, 2.45) is 0 Å². The standard InChI is InChI=1S/C14H14O4/c1-2-8-14(9-12(15)18-14)13(16)17-10-11-6-4-3-5-7-11/h2-7H,1,8-10H2/t14-/m0/s1. The SMILES string of the molecule is C=CC[C@@]1(C(=O)OCc2ccccc2)CC(=O)O1. The van der Waals surface area contributed by atoms with Gasteiger partial charge in [0, 0.05) is 6.42 Å². The summed E-state index contributed by atoms with van der Waals surface area (Å²) in [4.78, 5) is 22.8. The summed E-state index contributed by atoms with van der Waals surface area (Å²) in [7, 11) is 0. The van der Waals surface area contributed by atoms with E-state index in [1.165, 1.54) is 0 Å². The minimum Gasteiger partial charge on any atom is -0.458 e. The van der Waals surface area contributed by atoms with Crippen molar-refractivity contribution in [3.63, 3.8) is 0 Å². The van der Waals surface area contributed by atoms with E-state index in [0.717, 1.165) is 5.56 Å². The Balaban J connectivity index is 1.94. The molecule has 0 N–H and O–H groups in total. The molecule has 0 saturated carbocycles. The van der Waals surface area contributed by atoms with E-state index in [2.05, 4.69) is 6.58 Å². The summed E-state index contributed by atoms with van der Waals surface area (Å²) in [5.41, 5.74) is -0.251. The van der Waals surface area contributed by atoms with Crippen LogP contribution in [0.2, 0.25) is 0 Å². The van der Waals surface area contributed by atoms with Crippen LogP contribution in [0.5, 0.6) is 0 Å². The molecule has 0 bridgehead atoms.